The lowest BCUT2D eigenvalue weighted by Gasteiger charge is -2.32. The number of rotatable bonds is 11. The average molecular weight is 608 g/mol. The molecule has 1 amide bonds. The highest BCUT2D eigenvalue weighted by Crippen LogP contribution is 2.37. The van der Waals surface area contributed by atoms with Crippen LogP contribution in [0, 0.1) is 5.92 Å². The summed E-state index contributed by atoms with van der Waals surface area (Å²) < 4.78 is 62.2. The number of ether oxygens (including phenoxy) is 1. The van der Waals surface area contributed by atoms with Crippen molar-refractivity contribution in [3.05, 3.63) is 59.7 Å². The first-order valence-electron chi connectivity index (χ1n) is 13.8. The number of anilines is 1. The molecule has 0 aromatic heterocycles. The molecule has 2 aromatic carbocycles. The summed E-state index contributed by atoms with van der Waals surface area (Å²) in [5.74, 6) is 0.0619. The number of benzene rings is 2. The second kappa shape index (κ2) is 12.2. The summed E-state index contributed by atoms with van der Waals surface area (Å²) in [7, 11) is -8.95. The third kappa shape index (κ3) is 7.86. The van der Waals surface area contributed by atoms with E-state index in [-0.39, 0.29) is 31.7 Å². The summed E-state index contributed by atoms with van der Waals surface area (Å²) in [5, 5.41) is 0. The highest BCUT2D eigenvalue weighted by atomic mass is 32.2. The van der Waals surface area contributed by atoms with Gasteiger partial charge in [0.2, 0.25) is 10.0 Å². The Hall–Kier alpha value is -2.41. The van der Waals surface area contributed by atoms with Gasteiger partial charge in [-0.05, 0) is 54.5 Å². The van der Waals surface area contributed by atoms with Crippen LogP contribution < -0.4 is 13.8 Å². The van der Waals surface area contributed by atoms with Crippen molar-refractivity contribution in [2.75, 3.05) is 23.7 Å². The SMILES string of the molecule is C[Si](C)(C)CCN1C(=O)CN(c2ccc(CC3CCCCC3NS(C)(=O)=O)cc2OCc2ccccc2)S1(=O)=O. The molecule has 40 heavy (non-hydrogen) atoms. The van der Waals surface area contributed by atoms with E-state index in [4.69, 9.17) is 4.74 Å². The van der Waals surface area contributed by atoms with Gasteiger partial charge in [0.15, 0.2) is 0 Å². The van der Waals surface area contributed by atoms with Crippen molar-refractivity contribution in [3.8, 4) is 5.75 Å². The first-order valence-corrected chi connectivity index (χ1v) is 20.8. The molecule has 2 aromatic rings. The standard InChI is InChI=1S/C28H41N3O6S2Si/c1-38(33,34)29-25-13-9-8-12-24(25)18-23-14-15-26(27(19-23)37-21-22-10-6-5-7-11-22)31-20-28(32)30(39(31,35)36)16-17-40(2,3)4/h5-7,10-11,14-15,19,24-25,29H,8-9,12-13,16-18,20-21H2,1-4H3. The molecule has 1 saturated carbocycles. The van der Waals surface area contributed by atoms with Crippen molar-refractivity contribution in [1.82, 2.24) is 9.03 Å². The Bertz CT molecular complexity index is 1410. The minimum atomic E-state index is -4.04. The fourth-order valence-electron chi connectivity index (χ4n) is 5.34. The van der Waals surface area contributed by atoms with Gasteiger partial charge in [0.05, 0.1) is 11.9 Å². The van der Waals surface area contributed by atoms with Crippen LogP contribution in [0.25, 0.3) is 0 Å². The Morgan fingerprint density at radius 2 is 1.73 bits per heavy atom. The van der Waals surface area contributed by atoms with Gasteiger partial charge < -0.3 is 4.74 Å². The van der Waals surface area contributed by atoms with Crippen molar-refractivity contribution < 1.29 is 26.4 Å². The maximum atomic E-state index is 13.6. The molecular formula is C28H41N3O6S2Si. The number of nitrogens with one attached hydrogen (secondary N) is 1. The molecule has 9 nitrogen and oxygen atoms in total. The van der Waals surface area contributed by atoms with Gasteiger partial charge in [0.25, 0.3) is 5.91 Å². The number of hydrogen-bond donors (Lipinski definition) is 1. The highest BCUT2D eigenvalue weighted by molar-refractivity contribution is 7.91. The van der Waals surface area contributed by atoms with E-state index in [0.29, 0.717) is 23.9 Å². The van der Waals surface area contributed by atoms with Gasteiger partial charge in [-0.2, -0.15) is 8.42 Å². The topological polar surface area (TPSA) is 113 Å². The lowest BCUT2D eigenvalue weighted by molar-refractivity contribution is -0.123. The van der Waals surface area contributed by atoms with E-state index >= 15 is 0 Å². The van der Waals surface area contributed by atoms with Gasteiger partial charge in [-0.15, -0.1) is 0 Å². The fourth-order valence-corrected chi connectivity index (χ4v) is 8.81. The molecule has 1 saturated heterocycles. The van der Waals surface area contributed by atoms with Gasteiger partial charge in [-0.3, -0.25) is 4.79 Å². The van der Waals surface area contributed by atoms with E-state index in [0.717, 1.165) is 45.4 Å². The van der Waals surface area contributed by atoms with E-state index in [9.17, 15) is 21.6 Å². The van der Waals surface area contributed by atoms with E-state index in [1.807, 2.05) is 42.5 Å². The molecule has 2 aliphatic rings. The van der Waals surface area contributed by atoms with Crippen molar-refractivity contribution >= 4 is 39.9 Å². The van der Waals surface area contributed by atoms with Gasteiger partial charge in [-0.1, -0.05) is 68.9 Å². The Kier molecular flexibility index (Phi) is 9.33. The van der Waals surface area contributed by atoms with E-state index in [1.165, 1.54) is 6.26 Å². The van der Waals surface area contributed by atoms with Crippen LogP contribution in [0.5, 0.6) is 5.75 Å². The molecule has 1 heterocycles. The average Bonchev–Trinajstić information content (AvgIpc) is 3.09. The molecule has 12 heteroatoms. The summed E-state index contributed by atoms with van der Waals surface area (Å²) in [6, 6.07) is 15.6. The van der Waals surface area contributed by atoms with E-state index in [2.05, 4.69) is 24.4 Å². The van der Waals surface area contributed by atoms with Crippen LogP contribution in [0.2, 0.25) is 25.7 Å². The number of sulfonamides is 1. The Balaban J connectivity index is 1.63. The molecule has 2 fully saturated rings. The smallest absolute Gasteiger partial charge is 0.329 e. The van der Waals surface area contributed by atoms with Crippen LogP contribution in [0.4, 0.5) is 5.69 Å². The first-order chi connectivity index (χ1) is 18.7. The normalized spacial score (nSPS) is 21.6. The van der Waals surface area contributed by atoms with Gasteiger partial charge >= 0.3 is 10.2 Å². The molecule has 1 aliphatic heterocycles. The molecule has 220 valence electrons. The summed E-state index contributed by atoms with van der Waals surface area (Å²) in [5.41, 5.74) is 2.19. The van der Waals surface area contributed by atoms with Crippen LogP contribution in [0.15, 0.2) is 48.5 Å². The molecule has 1 N–H and O–H groups in total. The maximum Gasteiger partial charge on any atom is 0.329 e. The predicted octanol–water partition coefficient (Wildman–Crippen LogP) is 4.15. The summed E-state index contributed by atoms with van der Waals surface area (Å²) in [6.07, 6.45) is 5.51. The minimum absolute atomic E-state index is 0.116. The molecular weight excluding hydrogens is 567 g/mol. The first kappa shape index (κ1) is 30.5. The number of amides is 1. The fraction of sp³-hybridized carbons (Fsp3) is 0.536. The van der Waals surface area contributed by atoms with Gasteiger partial charge in [0, 0.05) is 20.7 Å². The van der Waals surface area contributed by atoms with E-state index in [1.54, 1.807) is 6.07 Å². The molecule has 1 aliphatic carbocycles. The quantitative estimate of drug-likeness (QED) is 0.384. The zero-order valence-electron chi connectivity index (χ0n) is 23.8. The monoisotopic (exact) mass is 607 g/mol. The van der Waals surface area contributed by atoms with Crippen molar-refractivity contribution in [2.24, 2.45) is 5.92 Å². The second-order valence-electron chi connectivity index (χ2n) is 12.1. The summed E-state index contributed by atoms with van der Waals surface area (Å²) in [4.78, 5) is 12.9. The van der Waals surface area contributed by atoms with E-state index < -0.39 is 34.2 Å². The lowest BCUT2D eigenvalue weighted by atomic mass is 9.81. The number of carbonyl (C=O) groups is 1. The largest absolute Gasteiger partial charge is 0.487 e. The molecule has 4 rings (SSSR count). The Labute approximate surface area is 240 Å². The maximum absolute atomic E-state index is 13.6. The third-order valence-electron chi connectivity index (χ3n) is 7.48. The van der Waals surface area contributed by atoms with Crippen molar-refractivity contribution in [1.29, 1.82) is 0 Å². The van der Waals surface area contributed by atoms with Crippen LogP contribution >= 0.6 is 0 Å². The lowest BCUT2D eigenvalue weighted by Crippen LogP contribution is -2.42. The van der Waals surface area contributed by atoms with Gasteiger partial charge in [0.1, 0.15) is 18.9 Å². The molecule has 2 unspecified atom stereocenters. The second-order valence-corrected chi connectivity index (χ2v) is 21.3. The van der Waals surface area contributed by atoms with Crippen LogP contribution in [-0.4, -0.2) is 60.5 Å². The third-order valence-corrected chi connectivity index (χ3v) is 11.8. The molecule has 0 bridgehead atoms. The minimum Gasteiger partial charge on any atom is -0.487 e. The van der Waals surface area contributed by atoms with Crippen LogP contribution in [0.1, 0.15) is 36.8 Å². The molecule has 0 radical (unpaired) electrons. The number of carbonyl (C=O) groups excluding carboxylic acids is 1. The number of hydrogen-bond acceptors (Lipinski definition) is 6. The molecule has 2 atom stereocenters. The van der Waals surface area contributed by atoms with Crippen LogP contribution in [-0.2, 0) is 38.1 Å². The molecule has 0 spiro atoms. The zero-order valence-corrected chi connectivity index (χ0v) is 26.4. The predicted molar refractivity (Wildman–Crippen MR) is 161 cm³/mol. The summed E-state index contributed by atoms with van der Waals surface area (Å²) >= 11 is 0. The van der Waals surface area contributed by atoms with Crippen LogP contribution in [0.3, 0.4) is 0 Å². The zero-order chi connectivity index (χ0) is 29.1. The number of nitrogens with zero attached hydrogens (tertiary/aromatic N) is 2. The van der Waals surface area contributed by atoms with Gasteiger partial charge in [-0.25, -0.2) is 21.8 Å². The van der Waals surface area contributed by atoms with Crippen molar-refractivity contribution in [2.45, 2.75) is 70.4 Å². The summed E-state index contributed by atoms with van der Waals surface area (Å²) in [6.45, 7) is 6.60. The highest BCUT2D eigenvalue weighted by Gasteiger charge is 2.44. The van der Waals surface area contributed by atoms with Crippen molar-refractivity contribution in [3.63, 3.8) is 0 Å². The Morgan fingerprint density at radius 3 is 2.40 bits per heavy atom. The Morgan fingerprint density at radius 1 is 1.02 bits per heavy atom.